The first-order chi connectivity index (χ1) is 4.89. The van der Waals surface area contributed by atoms with Crippen molar-refractivity contribution < 1.29 is 0 Å². The minimum Gasteiger partial charge on any atom is -0.0807 e. The van der Waals surface area contributed by atoms with Crippen LogP contribution < -0.4 is 0 Å². The third-order valence-electron chi connectivity index (χ3n) is 1.15. The van der Waals surface area contributed by atoms with Gasteiger partial charge in [0.25, 0.3) is 0 Å². The van der Waals surface area contributed by atoms with Gasteiger partial charge in [0.15, 0.2) is 0 Å². The molecule has 0 N–H and O–H groups in total. The third kappa shape index (κ3) is 4.13. The molecule has 0 radical (unpaired) electrons. The molecule has 0 saturated carbocycles. The van der Waals surface area contributed by atoms with Gasteiger partial charge in [0.1, 0.15) is 0 Å². The highest BCUT2D eigenvalue weighted by molar-refractivity contribution is 5.24. The zero-order valence-electron chi connectivity index (χ0n) is 7.09. The van der Waals surface area contributed by atoms with Crippen molar-refractivity contribution in [1.29, 1.82) is 0 Å². The zero-order chi connectivity index (χ0) is 7.82. The molecule has 0 nitrogen and oxygen atoms in total. The SMILES string of the molecule is CC.CC1=CC=CCC=C1. The summed E-state index contributed by atoms with van der Waals surface area (Å²) >= 11 is 0. The van der Waals surface area contributed by atoms with Gasteiger partial charge in [-0.25, -0.2) is 0 Å². The molecule has 0 fully saturated rings. The van der Waals surface area contributed by atoms with Crippen LogP contribution in [0.5, 0.6) is 0 Å². The van der Waals surface area contributed by atoms with E-state index < -0.39 is 0 Å². The maximum atomic E-state index is 2.16. The Bertz CT molecular complexity index is 147. The van der Waals surface area contributed by atoms with Crippen LogP contribution in [0.1, 0.15) is 27.2 Å². The van der Waals surface area contributed by atoms with Crippen LogP contribution >= 0.6 is 0 Å². The molecule has 0 aromatic heterocycles. The largest absolute Gasteiger partial charge is 0.0807 e. The Kier molecular flexibility index (Phi) is 5.85. The van der Waals surface area contributed by atoms with Gasteiger partial charge in [-0.3, -0.25) is 0 Å². The van der Waals surface area contributed by atoms with Crippen molar-refractivity contribution in [3.8, 4) is 0 Å². The van der Waals surface area contributed by atoms with Gasteiger partial charge in [-0.05, 0) is 13.3 Å². The van der Waals surface area contributed by atoms with Gasteiger partial charge in [0.2, 0.25) is 0 Å². The van der Waals surface area contributed by atoms with E-state index in [-0.39, 0.29) is 0 Å². The van der Waals surface area contributed by atoms with Crippen molar-refractivity contribution in [1.82, 2.24) is 0 Å². The molecule has 0 aliphatic heterocycles. The van der Waals surface area contributed by atoms with E-state index in [0.29, 0.717) is 0 Å². The molecular weight excluding hydrogens is 120 g/mol. The molecule has 10 heavy (non-hydrogen) atoms. The lowest BCUT2D eigenvalue weighted by Crippen LogP contribution is -1.60. The fourth-order valence-corrected chi connectivity index (χ4v) is 0.686. The monoisotopic (exact) mass is 136 g/mol. The maximum Gasteiger partial charge on any atom is -0.0163 e. The van der Waals surface area contributed by atoms with Crippen molar-refractivity contribution in [2.24, 2.45) is 0 Å². The summed E-state index contributed by atoms with van der Waals surface area (Å²) in [6.07, 6.45) is 11.7. The Balaban J connectivity index is 0.000000371. The van der Waals surface area contributed by atoms with E-state index in [1.54, 1.807) is 0 Å². The van der Waals surface area contributed by atoms with E-state index >= 15 is 0 Å². The molecule has 0 atom stereocenters. The van der Waals surface area contributed by atoms with E-state index in [1.807, 2.05) is 13.8 Å². The molecule has 1 aliphatic rings. The van der Waals surface area contributed by atoms with Crippen LogP contribution in [0.2, 0.25) is 0 Å². The van der Waals surface area contributed by atoms with E-state index in [1.165, 1.54) is 5.57 Å². The summed E-state index contributed by atoms with van der Waals surface area (Å²) in [4.78, 5) is 0. The third-order valence-corrected chi connectivity index (χ3v) is 1.15. The molecule has 0 aromatic rings. The molecule has 1 rings (SSSR count). The summed E-state index contributed by atoms with van der Waals surface area (Å²) in [6, 6.07) is 0. The first-order valence-corrected chi connectivity index (χ1v) is 3.89. The number of rotatable bonds is 0. The van der Waals surface area contributed by atoms with Crippen LogP contribution in [0.25, 0.3) is 0 Å². The molecule has 1 aliphatic carbocycles. The topological polar surface area (TPSA) is 0 Å². The van der Waals surface area contributed by atoms with Crippen molar-refractivity contribution in [3.63, 3.8) is 0 Å². The molecule has 0 amide bonds. The predicted molar refractivity (Wildman–Crippen MR) is 48.0 cm³/mol. The predicted octanol–water partition coefficient (Wildman–Crippen LogP) is 3.48. The Morgan fingerprint density at radius 2 is 1.90 bits per heavy atom. The average molecular weight is 136 g/mol. The summed E-state index contributed by atoms with van der Waals surface area (Å²) in [5, 5.41) is 0. The summed E-state index contributed by atoms with van der Waals surface area (Å²) in [5.41, 5.74) is 1.33. The van der Waals surface area contributed by atoms with E-state index in [0.717, 1.165) is 6.42 Å². The van der Waals surface area contributed by atoms with E-state index in [9.17, 15) is 0 Å². The molecular formula is C10H16. The Morgan fingerprint density at radius 3 is 2.60 bits per heavy atom. The van der Waals surface area contributed by atoms with Crippen molar-refractivity contribution in [3.05, 3.63) is 36.0 Å². The molecule has 0 unspecified atom stereocenters. The molecule has 0 bridgehead atoms. The second kappa shape index (κ2) is 6.34. The first kappa shape index (κ1) is 9.22. The second-order valence-corrected chi connectivity index (χ2v) is 1.98. The van der Waals surface area contributed by atoms with Crippen molar-refractivity contribution in [2.75, 3.05) is 0 Å². The standard InChI is InChI=1S/C8H10.C2H6/c1-8-6-4-2-3-5-7-8;1-2/h2,4-7H,3H2,1H3;1-2H3. The second-order valence-electron chi connectivity index (χ2n) is 1.98. The van der Waals surface area contributed by atoms with Gasteiger partial charge in [0.05, 0.1) is 0 Å². The molecule has 0 saturated heterocycles. The van der Waals surface area contributed by atoms with Crippen LogP contribution in [-0.2, 0) is 0 Å². The van der Waals surface area contributed by atoms with Gasteiger partial charge in [-0.2, -0.15) is 0 Å². The molecule has 0 spiro atoms. The van der Waals surface area contributed by atoms with Crippen LogP contribution in [-0.4, -0.2) is 0 Å². The quantitative estimate of drug-likeness (QED) is 0.478. The molecule has 0 aromatic carbocycles. The first-order valence-electron chi connectivity index (χ1n) is 3.89. The summed E-state index contributed by atoms with van der Waals surface area (Å²) in [6.45, 7) is 6.10. The van der Waals surface area contributed by atoms with E-state index in [4.69, 9.17) is 0 Å². The fraction of sp³-hybridized carbons (Fsp3) is 0.400. The zero-order valence-corrected chi connectivity index (χ0v) is 7.09. The van der Waals surface area contributed by atoms with Gasteiger partial charge >= 0.3 is 0 Å². The Morgan fingerprint density at radius 1 is 1.20 bits per heavy atom. The summed E-state index contributed by atoms with van der Waals surface area (Å²) < 4.78 is 0. The molecule has 56 valence electrons. The lowest BCUT2D eigenvalue weighted by molar-refractivity contribution is 1.40. The normalized spacial score (nSPS) is 14.9. The lowest BCUT2D eigenvalue weighted by atomic mass is 10.3. The minimum atomic E-state index is 1.08. The van der Waals surface area contributed by atoms with E-state index in [2.05, 4.69) is 37.3 Å². The smallest absolute Gasteiger partial charge is 0.0163 e. The van der Waals surface area contributed by atoms with Gasteiger partial charge < -0.3 is 0 Å². The number of allylic oxidation sites excluding steroid dienone is 6. The van der Waals surface area contributed by atoms with Crippen LogP contribution in [0.4, 0.5) is 0 Å². The van der Waals surface area contributed by atoms with Crippen molar-refractivity contribution >= 4 is 0 Å². The minimum absolute atomic E-state index is 1.08. The summed E-state index contributed by atoms with van der Waals surface area (Å²) in [7, 11) is 0. The van der Waals surface area contributed by atoms with Gasteiger partial charge in [-0.15, -0.1) is 0 Å². The van der Waals surface area contributed by atoms with Crippen LogP contribution in [0.3, 0.4) is 0 Å². The number of hydrogen-bond donors (Lipinski definition) is 0. The Labute approximate surface area is 64.0 Å². The van der Waals surface area contributed by atoms with Crippen LogP contribution in [0, 0.1) is 0 Å². The molecule has 0 heterocycles. The van der Waals surface area contributed by atoms with Gasteiger partial charge in [-0.1, -0.05) is 49.8 Å². The lowest BCUT2D eigenvalue weighted by Gasteiger charge is -1.80. The maximum absolute atomic E-state index is 2.16. The Hall–Kier alpha value is -0.780. The highest BCUT2D eigenvalue weighted by atomic mass is 13.9. The molecule has 0 heteroatoms. The van der Waals surface area contributed by atoms with Crippen molar-refractivity contribution in [2.45, 2.75) is 27.2 Å². The highest BCUT2D eigenvalue weighted by Crippen LogP contribution is 2.01. The average Bonchev–Trinajstić information content (AvgIpc) is 2.21. The number of hydrogen-bond acceptors (Lipinski definition) is 0. The fourth-order valence-electron chi connectivity index (χ4n) is 0.686. The summed E-state index contributed by atoms with van der Waals surface area (Å²) in [5.74, 6) is 0. The highest BCUT2D eigenvalue weighted by Gasteiger charge is 1.80. The van der Waals surface area contributed by atoms with Crippen LogP contribution in [0.15, 0.2) is 36.0 Å². The van der Waals surface area contributed by atoms with Gasteiger partial charge in [0, 0.05) is 0 Å².